The number of carbonyl (C=O) groups excluding carboxylic acids is 2. The number of carbonyl (C=O) groups is 2. The zero-order chi connectivity index (χ0) is 31.9. The van der Waals surface area contributed by atoms with Crippen LogP contribution in [0.3, 0.4) is 0 Å². The van der Waals surface area contributed by atoms with E-state index in [1.54, 1.807) is 24.0 Å². The molecule has 2 aromatic heterocycles. The van der Waals surface area contributed by atoms with Gasteiger partial charge in [0.25, 0.3) is 11.8 Å². The van der Waals surface area contributed by atoms with Gasteiger partial charge in [-0.05, 0) is 84.6 Å². The number of imidazole rings is 1. The molecule has 47 heavy (non-hydrogen) atoms. The van der Waals surface area contributed by atoms with E-state index in [2.05, 4.69) is 32.3 Å². The van der Waals surface area contributed by atoms with Gasteiger partial charge >= 0.3 is 0 Å². The first-order chi connectivity index (χ1) is 22.8. The van der Waals surface area contributed by atoms with Crippen LogP contribution in [0.25, 0.3) is 11.1 Å². The number of aliphatic hydroxyl groups excluding tert-OH is 1. The van der Waals surface area contributed by atoms with Gasteiger partial charge in [0.2, 0.25) is 0 Å². The Morgan fingerprint density at radius 2 is 1.87 bits per heavy atom. The average molecular weight is 653 g/mol. The summed E-state index contributed by atoms with van der Waals surface area (Å²) in [5, 5.41) is 14.9. The highest BCUT2D eigenvalue weighted by Crippen LogP contribution is 2.73. The van der Waals surface area contributed by atoms with E-state index in [0.717, 1.165) is 63.1 Å². The van der Waals surface area contributed by atoms with Crippen LogP contribution in [0, 0.1) is 11.2 Å². The van der Waals surface area contributed by atoms with Crippen LogP contribution in [0.4, 0.5) is 9.52 Å². The number of rotatable bonds is 8. The van der Waals surface area contributed by atoms with Crippen LogP contribution in [0.15, 0.2) is 54.3 Å². The maximum absolute atomic E-state index is 15.8. The lowest BCUT2D eigenvalue weighted by molar-refractivity contribution is -0.159. The van der Waals surface area contributed by atoms with Gasteiger partial charge in [0.15, 0.2) is 11.2 Å². The topological polar surface area (TPSA) is 104 Å². The highest BCUT2D eigenvalue weighted by atomic mass is 32.1. The van der Waals surface area contributed by atoms with Crippen molar-refractivity contribution >= 4 is 28.3 Å². The zero-order valence-electron chi connectivity index (χ0n) is 26.1. The minimum Gasteiger partial charge on any atom is -0.393 e. The molecule has 1 unspecified atom stereocenters. The van der Waals surface area contributed by atoms with Gasteiger partial charge in [-0.3, -0.25) is 14.9 Å². The Balaban J connectivity index is 0.941. The van der Waals surface area contributed by atoms with Gasteiger partial charge < -0.3 is 19.5 Å². The maximum Gasteiger partial charge on any atom is 0.255 e. The number of hydrogen-bond donors (Lipinski definition) is 2. The molecule has 1 saturated heterocycles. The molecule has 10 rings (SSSR count). The normalized spacial score (nSPS) is 25.7. The molecular formula is C36H37FN6O3S. The third kappa shape index (κ3) is 4.76. The summed E-state index contributed by atoms with van der Waals surface area (Å²) in [5.74, 6) is -1.23. The molecule has 0 spiro atoms. The molecule has 3 aliphatic heterocycles. The molecule has 2 bridgehead atoms. The van der Waals surface area contributed by atoms with Crippen molar-refractivity contribution in [2.24, 2.45) is 5.41 Å². The van der Waals surface area contributed by atoms with E-state index in [0.29, 0.717) is 32.9 Å². The molecule has 2 aromatic carbocycles. The van der Waals surface area contributed by atoms with E-state index in [9.17, 15) is 14.7 Å². The number of aryl methyl sites for hydroxylation is 1. The summed E-state index contributed by atoms with van der Waals surface area (Å²) in [6.07, 6.45) is 10.3. The molecule has 4 fully saturated rings. The summed E-state index contributed by atoms with van der Waals surface area (Å²) >= 11 is 1.30. The summed E-state index contributed by atoms with van der Waals surface area (Å²) in [5.41, 5.74) is 5.59. The monoisotopic (exact) mass is 652 g/mol. The molecule has 5 heterocycles. The van der Waals surface area contributed by atoms with Crippen LogP contribution >= 0.6 is 11.3 Å². The van der Waals surface area contributed by atoms with Gasteiger partial charge in [0, 0.05) is 54.6 Å². The minimum atomic E-state index is -1.01. The van der Waals surface area contributed by atoms with Crippen LogP contribution < -0.4 is 5.32 Å². The first kappa shape index (κ1) is 29.2. The van der Waals surface area contributed by atoms with Crippen molar-refractivity contribution in [2.45, 2.75) is 75.6 Å². The second-order valence-corrected chi connectivity index (χ2v) is 15.3. The first-order valence-electron chi connectivity index (χ1n) is 16.7. The fraction of sp³-hybridized carbons (Fsp3) is 0.444. The summed E-state index contributed by atoms with van der Waals surface area (Å²) in [6.45, 7) is 3.93. The van der Waals surface area contributed by atoms with Crippen molar-refractivity contribution in [3.8, 4) is 11.1 Å². The van der Waals surface area contributed by atoms with Crippen LogP contribution in [-0.2, 0) is 29.7 Å². The molecule has 4 aromatic rings. The van der Waals surface area contributed by atoms with Crippen LogP contribution in [0.2, 0.25) is 0 Å². The number of halogens is 1. The summed E-state index contributed by atoms with van der Waals surface area (Å²) in [4.78, 5) is 40.5. The minimum absolute atomic E-state index is 0.0102. The van der Waals surface area contributed by atoms with Gasteiger partial charge in [0.05, 0.1) is 24.7 Å². The molecule has 2 amide bonds. The second kappa shape index (κ2) is 10.8. The molecular weight excluding hydrogens is 616 g/mol. The Bertz CT molecular complexity index is 1860. The molecule has 3 aliphatic carbocycles. The fourth-order valence-electron chi connectivity index (χ4n) is 9.21. The van der Waals surface area contributed by atoms with E-state index >= 15 is 4.39 Å². The van der Waals surface area contributed by atoms with Gasteiger partial charge in [-0.1, -0.05) is 24.3 Å². The van der Waals surface area contributed by atoms with Gasteiger partial charge in [-0.25, -0.2) is 14.4 Å². The number of thiazole rings is 1. The number of hydrogen-bond acceptors (Lipinski definition) is 7. The van der Waals surface area contributed by atoms with Crippen LogP contribution in [0.1, 0.15) is 77.4 Å². The molecule has 3 saturated carbocycles. The van der Waals surface area contributed by atoms with Crippen molar-refractivity contribution in [2.75, 3.05) is 25.0 Å². The summed E-state index contributed by atoms with van der Waals surface area (Å²) < 4.78 is 17.8. The van der Waals surface area contributed by atoms with Gasteiger partial charge in [-0.2, -0.15) is 0 Å². The molecule has 1 atom stereocenters. The fourth-order valence-corrected chi connectivity index (χ4v) is 9.74. The molecule has 6 aliphatic rings. The number of likely N-dealkylation sites (tertiary alicyclic amines) is 1. The van der Waals surface area contributed by atoms with E-state index in [4.69, 9.17) is 0 Å². The third-order valence-corrected chi connectivity index (χ3v) is 12.1. The van der Waals surface area contributed by atoms with Crippen molar-refractivity contribution < 1.29 is 19.1 Å². The summed E-state index contributed by atoms with van der Waals surface area (Å²) in [7, 11) is 0. The molecule has 9 nitrogen and oxygen atoms in total. The Morgan fingerprint density at radius 3 is 2.62 bits per heavy atom. The largest absolute Gasteiger partial charge is 0.393 e. The van der Waals surface area contributed by atoms with Crippen molar-refractivity contribution in [1.29, 1.82) is 0 Å². The lowest BCUT2D eigenvalue weighted by Crippen LogP contribution is -2.68. The molecule has 242 valence electrons. The highest BCUT2D eigenvalue weighted by molar-refractivity contribution is 7.13. The number of nitrogens with one attached hydrogen (secondary N) is 1. The second-order valence-electron chi connectivity index (χ2n) is 14.4. The maximum atomic E-state index is 15.8. The van der Waals surface area contributed by atoms with E-state index in [1.807, 2.05) is 16.7 Å². The number of aliphatic hydroxyl groups is 1. The summed E-state index contributed by atoms with van der Waals surface area (Å²) in [6, 6.07) is 10.7. The quantitative estimate of drug-likeness (QED) is 0.268. The number of fused-ring (bicyclic) bond motifs is 2. The van der Waals surface area contributed by atoms with Gasteiger partial charge in [-0.15, -0.1) is 11.3 Å². The van der Waals surface area contributed by atoms with E-state index in [1.165, 1.54) is 47.1 Å². The van der Waals surface area contributed by atoms with E-state index in [-0.39, 0.29) is 24.0 Å². The lowest BCUT2D eigenvalue weighted by Gasteiger charge is -2.72. The number of amides is 2. The Hall–Kier alpha value is -3.93. The van der Waals surface area contributed by atoms with Crippen molar-refractivity contribution in [3.63, 3.8) is 0 Å². The molecule has 0 radical (unpaired) electrons. The highest BCUT2D eigenvalue weighted by Gasteiger charge is 2.68. The number of aromatic nitrogens is 3. The zero-order valence-corrected chi connectivity index (χ0v) is 26.9. The third-order valence-electron chi connectivity index (χ3n) is 11.4. The number of anilines is 1. The number of benzene rings is 2. The lowest BCUT2D eigenvalue weighted by atomic mass is 9.33. The predicted octanol–water partition coefficient (Wildman–Crippen LogP) is 5.31. The standard InChI is InChI=1S/C36H37FN6O3S/c37-28-15-23(22-3-5-24(6-4-22)36-17-35(18-36,19-36)20-41-11-7-25(44)8-12-41)14-26-27(28)16-43(33(26)46)31(32(45)40-34-38-9-13-47-34)30-29-2-1-10-42(29)21-39-30/h3-6,9,13-15,21,25,31,44H,1-2,7-8,10-12,16-20H2,(H,38,40,45). The van der Waals surface area contributed by atoms with Crippen LogP contribution in [0.5, 0.6) is 0 Å². The SMILES string of the molecule is O=C(Nc1nccs1)C(c1ncn2c1CCC2)N1Cc2c(F)cc(-c3ccc(C45CC(CN6CCC(O)CC6)(C4)C5)cc3)cc2C1=O. The van der Waals surface area contributed by atoms with Gasteiger partial charge in [0.1, 0.15) is 5.82 Å². The number of nitrogens with zero attached hydrogens (tertiary/aromatic N) is 5. The Labute approximate surface area is 276 Å². The first-order valence-corrected chi connectivity index (χ1v) is 17.6. The van der Waals surface area contributed by atoms with Crippen molar-refractivity contribution in [1.82, 2.24) is 24.3 Å². The predicted molar refractivity (Wildman–Crippen MR) is 175 cm³/mol. The average Bonchev–Trinajstić information content (AvgIpc) is 3.84. The van der Waals surface area contributed by atoms with E-state index < -0.39 is 17.8 Å². The van der Waals surface area contributed by atoms with Crippen LogP contribution in [-0.4, -0.2) is 67.0 Å². The smallest absolute Gasteiger partial charge is 0.255 e. The Morgan fingerprint density at radius 1 is 1.09 bits per heavy atom. The molecule has 11 heteroatoms. The Kier molecular flexibility index (Phi) is 6.71. The molecule has 2 N–H and O–H groups in total. The van der Waals surface area contributed by atoms with Crippen molar-refractivity contribution in [3.05, 3.63) is 88.2 Å². The number of piperidine rings is 1.